The number of hydrogen-bond donors (Lipinski definition) is 1. The van der Waals surface area contributed by atoms with E-state index in [2.05, 4.69) is 26.1 Å². The van der Waals surface area contributed by atoms with Crippen LogP contribution in [0.25, 0.3) is 0 Å². The zero-order chi connectivity index (χ0) is 12.7. The van der Waals surface area contributed by atoms with Gasteiger partial charge < -0.3 is 5.32 Å². The molecule has 2 rings (SSSR count). The second-order valence-corrected chi connectivity index (χ2v) is 8.71. The summed E-state index contributed by atoms with van der Waals surface area (Å²) >= 11 is 0. The van der Waals surface area contributed by atoms with Crippen LogP contribution in [-0.2, 0) is 10.0 Å². The second kappa shape index (κ2) is 4.52. The summed E-state index contributed by atoms with van der Waals surface area (Å²) in [5, 5.41) is 3.33. The third-order valence-corrected chi connectivity index (χ3v) is 5.66. The fourth-order valence-electron chi connectivity index (χ4n) is 2.60. The Morgan fingerprint density at radius 2 is 1.71 bits per heavy atom. The summed E-state index contributed by atoms with van der Waals surface area (Å²) in [6.45, 7) is 9.68. The van der Waals surface area contributed by atoms with Crippen molar-refractivity contribution in [2.24, 2.45) is 17.3 Å². The number of sulfonamides is 1. The van der Waals surface area contributed by atoms with Gasteiger partial charge in [0, 0.05) is 13.1 Å². The van der Waals surface area contributed by atoms with E-state index in [9.17, 15) is 8.42 Å². The van der Waals surface area contributed by atoms with Crippen LogP contribution in [0.15, 0.2) is 0 Å². The van der Waals surface area contributed by atoms with Crippen molar-refractivity contribution in [2.45, 2.75) is 27.2 Å². The van der Waals surface area contributed by atoms with Crippen molar-refractivity contribution in [3.63, 3.8) is 0 Å². The molecular formula is C12H24N2O2S. The summed E-state index contributed by atoms with van der Waals surface area (Å²) in [6, 6.07) is 0. The van der Waals surface area contributed by atoms with Crippen LogP contribution in [0.5, 0.6) is 0 Å². The molecule has 2 atom stereocenters. The first-order chi connectivity index (χ1) is 7.78. The van der Waals surface area contributed by atoms with Crippen LogP contribution in [0, 0.1) is 17.3 Å². The second-order valence-electron chi connectivity index (χ2n) is 6.62. The normalized spacial score (nSPS) is 30.8. The average molecular weight is 260 g/mol. The first-order valence-corrected chi connectivity index (χ1v) is 8.07. The molecule has 2 fully saturated rings. The van der Waals surface area contributed by atoms with Gasteiger partial charge in [0.1, 0.15) is 0 Å². The Balaban J connectivity index is 1.93. The molecule has 2 unspecified atom stereocenters. The molecule has 0 aromatic heterocycles. The van der Waals surface area contributed by atoms with Crippen LogP contribution in [-0.4, -0.2) is 44.7 Å². The Hall–Kier alpha value is -0.130. The fraction of sp³-hybridized carbons (Fsp3) is 1.00. The molecule has 0 spiro atoms. The highest BCUT2D eigenvalue weighted by Gasteiger charge is 2.40. The van der Waals surface area contributed by atoms with E-state index in [0.717, 1.165) is 32.6 Å². The van der Waals surface area contributed by atoms with Crippen molar-refractivity contribution < 1.29 is 8.42 Å². The van der Waals surface area contributed by atoms with Gasteiger partial charge in [-0.1, -0.05) is 20.8 Å². The molecule has 0 aromatic rings. The number of fused-ring (bicyclic) bond motifs is 1. The van der Waals surface area contributed by atoms with Crippen LogP contribution in [0.4, 0.5) is 0 Å². The topological polar surface area (TPSA) is 49.4 Å². The Morgan fingerprint density at radius 1 is 1.18 bits per heavy atom. The molecule has 0 radical (unpaired) electrons. The van der Waals surface area contributed by atoms with Crippen molar-refractivity contribution in [1.82, 2.24) is 9.62 Å². The van der Waals surface area contributed by atoms with E-state index in [4.69, 9.17) is 0 Å². The largest absolute Gasteiger partial charge is 0.316 e. The van der Waals surface area contributed by atoms with Crippen LogP contribution in [0.1, 0.15) is 27.2 Å². The minimum Gasteiger partial charge on any atom is -0.316 e. The van der Waals surface area contributed by atoms with Gasteiger partial charge in [-0.05, 0) is 36.8 Å². The molecule has 0 saturated carbocycles. The van der Waals surface area contributed by atoms with Crippen molar-refractivity contribution >= 4 is 10.0 Å². The summed E-state index contributed by atoms with van der Waals surface area (Å²) in [6.07, 6.45) is 0.736. The molecule has 17 heavy (non-hydrogen) atoms. The summed E-state index contributed by atoms with van der Waals surface area (Å²) in [5.41, 5.74) is 0.0875. The molecule has 2 aliphatic rings. The highest BCUT2D eigenvalue weighted by atomic mass is 32.2. The maximum absolute atomic E-state index is 12.2. The van der Waals surface area contributed by atoms with Crippen molar-refractivity contribution in [2.75, 3.05) is 31.9 Å². The maximum Gasteiger partial charge on any atom is 0.214 e. The van der Waals surface area contributed by atoms with E-state index in [0.29, 0.717) is 17.6 Å². The standard InChI is InChI=1S/C12H24N2O2S/c1-12(2,3)4-5-17(15,16)14-8-10-6-13-7-11(10)9-14/h10-11,13H,4-9H2,1-3H3. The van der Waals surface area contributed by atoms with Gasteiger partial charge in [-0.2, -0.15) is 0 Å². The monoisotopic (exact) mass is 260 g/mol. The molecular weight excluding hydrogens is 236 g/mol. The predicted molar refractivity (Wildman–Crippen MR) is 69.3 cm³/mol. The fourth-order valence-corrected chi connectivity index (χ4v) is 4.57. The van der Waals surface area contributed by atoms with E-state index in [-0.39, 0.29) is 5.41 Å². The average Bonchev–Trinajstić information content (AvgIpc) is 2.72. The highest BCUT2D eigenvalue weighted by Crippen LogP contribution is 2.29. The van der Waals surface area contributed by atoms with Gasteiger partial charge in [-0.3, -0.25) is 0 Å². The molecule has 2 saturated heterocycles. The van der Waals surface area contributed by atoms with E-state index in [1.54, 1.807) is 4.31 Å². The third-order valence-electron chi connectivity index (χ3n) is 3.86. The Kier molecular flexibility index (Phi) is 3.54. The molecule has 0 amide bonds. The van der Waals surface area contributed by atoms with Crippen LogP contribution in [0.2, 0.25) is 0 Å². The van der Waals surface area contributed by atoms with Crippen molar-refractivity contribution in [1.29, 1.82) is 0 Å². The Morgan fingerprint density at radius 3 is 2.18 bits per heavy atom. The van der Waals surface area contributed by atoms with Crippen molar-refractivity contribution in [3.05, 3.63) is 0 Å². The Labute approximate surface area is 105 Å². The van der Waals surface area contributed by atoms with Gasteiger partial charge in [-0.25, -0.2) is 12.7 Å². The summed E-state index contributed by atoms with van der Waals surface area (Å²) in [4.78, 5) is 0. The van der Waals surface area contributed by atoms with Gasteiger partial charge in [0.2, 0.25) is 10.0 Å². The first kappa shape index (κ1) is 13.3. The summed E-state index contributed by atoms with van der Waals surface area (Å²) in [7, 11) is -3.03. The lowest BCUT2D eigenvalue weighted by Crippen LogP contribution is -2.34. The molecule has 0 aliphatic carbocycles. The van der Waals surface area contributed by atoms with Gasteiger partial charge in [0.05, 0.1) is 5.75 Å². The molecule has 1 N–H and O–H groups in total. The first-order valence-electron chi connectivity index (χ1n) is 6.46. The van der Waals surface area contributed by atoms with Crippen LogP contribution >= 0.6 is 0 Å². The summed E-state index contributed by atoms with van der Waals surface area (Å²) in [5.74, 6) is 1.38. The Bertz CT molecular complexity index is 360. The molecule has 0 bridgehead atoms. The molecule has 4 nitrogen and oxygen atoms in total. The third kappa shape index (κ3) is 3.20. The van der Waals surface area contributed by atoms with Crippen molar-refractivity contribution in [3.8, 4) is 0 Å². The van der Waals surface area contributed by atoms with E-state index < -0.39 is 10.0 Å². The maximum atomic E-state index is 12.2. The van der Waals surface area contributed by atoms with E-state index in [1.165, 1.54) is 0 Å². The smallest absolute Gasteiger partial charge is 0.214 e. The highest BCUT2D eigenvalue weighted by molar-refractivity contribution is 7.89. The quantitative estimate of drug-likeness (QED) is 0.820. The lowest BCUT2D eigenvalue weighted by molar-refractivity contribution is 0.386. The lowest BCUT2D eigenvalue weighted by Gasteiger charge is -2.22. The van der Waals surface area contributed by atoms with Gasteiger partial charge >= 0.3 is 0 Å². The molecule has 0 aromatic carbocycles. The van der Waals surface area contributed by atoms with Crippen LogP contribution in [0.3, 0.4) is 0 Å². The number of nitrogens with zero attached hydrogens (tertiary/aromatic N) is 1. The molecule has 2 heterocycles. The van der Waals surface area contributed by atoms with Crippen LogP contribution < -0.4 is 5.32 Å². The van der Waals surface area contributed by atoms with Gasteiger partial charge in [-0.15, -0.1) is 0 Å². The SMILES string of the molecule is CC(C)(C)CCS(=O)(=O)N1CC2CNCC2C1. The minimum atomic E-state index is -3.03. The molecule has 2 aliphatic heterocycles. The lowest BCUT2D eigenvalue weighted by atomic mass is 9.94. The predicted octanol–water partition coefficient (Wildman–Crippen LogP) is 0.904. The summed E-state index contributed by atoms with van der Waals surface area (Å²) < 4.78 is 26.1. The van der Waals surface area contributed by atoms with E-state index in [1.807, 2.05) is 0 Å². The zero-order valence-electron chi connectivity index (χ0n) is 11.1. The number of rotatable bonds is 3. The molecule has 5 heteroatoms. The zero-order valence-corrected chi connectivity index (χ0v) is 11.9. The van der Waals surface area contributed by atoms with E-state index >= 15 is 0 Å². The number of nitrogens with one attached hydrogen (secondary N) is 1. The van der Waals surface area contributed by atoms with Gasteiger partial charge in [0.25, 0.3) is 0 Å². The number of hydrogen-bond acceptors (Lipinski definition) is 3. The molecule has 100 valence electrons. The minimum absolute atomic E-state index is 0.0875. The van der Waals surface area contributed by atoms with Gasteiger partial charge in [0.15, 0.2) is 0 Å².